The van der Waals surface area contributed by atoms with Crippen LogP contribution in [0.5, 0.6) is 0 Å². The molecule has 9 aromatic rings. The van der Waals surface area contributed by atoms with Crippen molar-refractivity contribution in [2.45, 2.75) is 6.04 Å². The maximum absolute atomic E-state index is 6.57. The first kappa shape index (κ1) is 37.3. The molecule has 0 saturated heterocycles. The summed E-state index contributed by atoms with van der Waals surface area (Å²) < 4.78 is 8.86. The van der Waals surface area contributed by atoms with E-state index in [0.29, 0.717) is 11.6 Å². The zero-order valence-corrected chi connectivity index (χ0v) is 35.1. The van der Waals surface area contributed by atoms with E-state index in [2.05, 4.69) is 144 Å². The third-order valence-electron chi connectivity index (χ3n) is 12.4. The number of benzene rings is 4. The predicted octanol–water partition coefficient (Wildman–Crippen LogP) is 12.4. The number of rotatable bonds is 6. The van der Waals surface area contributed by atoms with Crippen molar-refractivity contribution in [2.24, 2.45) is 4.99 Å². The first-order valence-corrected chi connectivity index (χ1v) is 21.7. The molecule has 0 saturated carbocycles. The van der Waals surface area contributed by atoms with Crippen LogP contribution in [0.15, 0.2) is 209 Å². The van der Waals surface area contributed by atoms with Gasteiger partial charge in [-0.05, 0) is 132 Å². The van der Waals surface area contributed by atoms with Crippen LogP contribution in [0.25, 0.3) is 90.1 Å². The van der Waals surface area contributed by atoms with E-state index >= 15 is 0 Å². The number of allylic oxidation sites excluding steroid dienone is 7. The summed E-state index contributed by atoms with van der Waals surface area (Å²) in [6, 6.07) is 35.6. The van der Waals surface area contributed by atoms with Gasteiger partial charge < -0.3 is 13.9 Å². The Bertz CT molecular complexity index is 3850. The summed E-state index contributed by atoms with van der Waals surface area (Å²) in [6.07, 6.45) is 31.4. The molecule has 66 heavy (non-hydrogen) atoms. The van der Waals surface area contributed by atoms with Crippen molar-refractivity contribution >= 4 is 73.8 Å². The molecule has 7 heterocycles. The van der Waals surface area contributed by atoms with Crippen molar-refractivity contribution in [1.82, 2.24) is 29.5 Å². The van der Waals surface area contributed by atoms with Crippen molar-refractivity contribution in [3.63, 3.8) is 0 Å². The highest BCUT2D eigenvalue weighted by atomic mass is 16.3. The number of aromatic nitrogens is 6. The molecule has 13 rings (SSSR count). The van der Waals surface area contributed by atoms with Crippen LogP contribution in [-0.2, 0) is 0 Å². The topological polar surface area (TPSA) is 98.1 Å². The van der Waals surface area contributed by atoms with Gasteiger partial charge in [-0.15, -0.1) is 11.5 Å². The van der Waals surface area contributed by atoms with Crippen LogP contribution in [0.3, 0.4) is 0 Å². The molecule has 308 valence electrons. The standard InChI is InChI=1S/C57H34N8O/c1-2-13-41(43(15-3-1)56-60-27-9-28-61-56)36-19-22-50-47(31-36)49-35-39(12-7-25-58-49)64(50)38-11-6-18-53-45(33-38)46-34-40(21-24-54(46)66-53)65-51-23-20-37(32-48(51)55-52(65)17-8-26-59-55)42-14-4-5-16-44(42)57-62-29-10-30-63-57/h2-5,7-35,39H. The molecule has 1 atom stereocenters. The number of aliphatic imine (C=N–C) groups is 1. The number of fused-ring (bicyclic) bond motifs is 9. The molecule has 4 aliphatic rings. The molecule has 4 aromatic carbocycles. The lowest BCUT2D eigenvalue weighted by atomic mass is 9.91. The zero-order valence-electron chi connectivity index (χ0n) is 35.1. The molecule has 0 fully saturated rings. The van der Waals surface area contributed by atoms with Gasteiger partial charge in [0.1, 0.15) is 11.3 Å². The summed E-state index contributed by atoms with van der Waals surface area (Å²) in [6.45, 7) is 0. The Morgan fingerprint density at radius 3 is 2.29 bits per heavy atom. The third-order valence-corrected chi connectivity index (χ3v) is 12.4. The first-order valence-electron chi connectivity index (χ1n) is 21.7. The van der Waals surface area contributed by atoms with E-state index < -0.39 is 0 Å². The van der Waals surface area contributed by atoms with Gasteiger partial charge in [0, 0.05) is 88.1 Å². The fraction of sp³-hybridized carbons (Fsp3) is 0.0175. The molecule has 9 nitrogen and oxygen atoms in total. The molecule has 0 radical (unpaired) electrons. The Labute approximate surface area is 378 Å². The van der Waals surface area contributed by atoms with E-state index in [0.717, 1.165) is 106 Å². The predicted molar refractivity (Wildman–Crippen MR) is 264 cm³/mol. The lowest BCUT2D eigenvalue weighted by molar-refractivity contribution is 0.603. The minimum absolute atomic E-state index is 0.0972. The number of nitrogens with zero attached hydrogens (tertiary/aromatic N) is 8. The van der Waals surface area contributed by atoms with Crippen LogP contribution in [0.1, 0.15) is 28.3 Å². The SMILES string of the molecule is C1=CC=C(c2ccc3c(c2)C2=CC(C=CC=N2)N3C2=Cc3c(oc4ccc(-n5c6ccc(-c7ccccc7-c7ncccn7)cc6c6ncccc65)cc34)C=C=C2)C(c2ncccn2)=CC=1. The highest BCUT2D eigenvalue weighted by molar-refractivity contribution is 6.09. The smallest absolute Gasteiger partial charge is 0.159 e. The maximum atomic E-state index is 6.57. The van der Waals surface area contributed by atoms with Crippen molar-refractivity contribution in [1.29, 1.82) is 0 Å². The van der Waals surface area contributed by atoms with Gasteiger partial charge in [0.15, 0.2) is 11.6 Å². The second-order valence-corrected chi connectivity index (χ2v) is 16.2. The molecule has 2 aliphatic carbocycles. The van der Waals surface area contributed by atoms with Gasteiger partial charge in [-0.3, -0.25) is 9.98 Å². The highest BCUT2D eigenvalue weighted by Gasteiger charge is 2.30. The molecular weight excluding hydrogens is 813 g/mol. The molecule has 0 spiro atoms. The summed E-state index contributed by atoms with van der Waals surface area (Å²) in [5, 5.41) is 2.05. The monoisotopic (exact) mass is 846 g/mol. The second-order valence-electron chi connectivity index (χ2n) is 16.2. The highest BCUT2D eigenvalue weighted by Crippen LogP contribution is 2.44. The second kappa shape index (κ2) is 15.2. The molecule has 0 N–H and O–H groups in total. The van der Waals surface area contributed by atoms with E-state index in [-0.39, 0.29) is 6.04 Å². The van der Waals surface area contributed by atoms with Crippen LogP contribution in [0.2, 0.25) is 0 Å². The number of anilines is 1. The summed E-state index contributed by atoms with van der Waals surface area (Å²) in [4.78, 5) is 30.5. The van der Waals surface area contributed by atoms with Gasteiger partial charge in [0.2, 0.25) is 0 Å². The van der Waals surface area contributed by atoms with Crippen molar-refractivity contribution in [3.8, 4) is 28.2 Å². The number of hydrogen-bond acceptors (Lipinski definition) is 8. The summed E-state index contributed by atoms with van der Waals surface area (Å²) >= 11 is 0. The Hall–Kier alpha value is -9.26. The molecule has 9 heteroatoms. The number of furan rings is 1. The first-order chi connectivity index (χ1) is 32.7. The van der Waals surface area contributed by atoms with Crippen LogP contribution in [0.4, 0.5) is 5.69 Å². The minimum atomic E-state index is -0.0972. The van der Waals surface area contributed by atoms with E-state index in [1.807, 2.05) is 73.1 Å². The molecule has 5 aromatic heterocycles. The van der Waals surface area contributed by atoms with Crippen molar-refractivity contribution < 1.29 is 4.42 Å². The fourth-order valence-corrected chi connectivity index (χ4v) is 9.54. The molecular formula is C57H34N8O. The van der Waals surface area contributed by atoms with Gasteiger partial charge in [0.05, 0.1) is 39.7 Å². The van der Waals surface area contributed by atoms with Crippen molar-refractivity contribution in [3.05, 3.63) is 228 Å². The van der Waals surface area contributed by atoms with Gasteiger partial charge in [-0.1, -0.05) is 42.5 Å². The summed E-state index contributed by atoms with van der Waals surface area (Å²) in [5.41, 5.74) is 22.4. The summed E-state index contributed by atoms with van der Waals surface area (Å²) in [7, 11) is 0. The molecule has 2 bridgehead atoms. The van der Waals surface area contributed by atoms with Gasteiger partial charge >= 0.3 is 0 Å². The lowest BCUT2D eigenvalue weighted by Gasteiger charge is -2.36. The van der Waals surface area contributed by atoms with Crippen LogP contribution < -0.4 is 4.90 Å². The normalized spacial score (nSPS) is 15.8. The Morgan fingerprint density at radius 2 is 1.41 bits per heavy atom. The average Bonchev–Trinajstić information content (AvgIpc) is 3.54. The van der Waals surface area contributed by atoms with Crippen molar-refractivity contribution in [2.75, 3.05) is 4.90 Å². The molecule has 0 amide bonds. The molecule has 2 aliphatic heterocycles. The van der Waals surface area contributed by atoms with E-state index in [1.165, 1.54) is 0 Å². The van der Waals surface area contributed by atoms with Crippen LogP contribution in [-0.4, -0.2) is 41.7 Å². The Morgan fingerprint density at radius 1 is 0.606 bits per heavy atom. The quantitative estimate of drug-likeness (QED) is 0.154. The van der Waals surface area contributed by atoms with E-state index in [4.69, 9.17) is 14.4 Å². The van der Waals surface area contributed by atoms with E-state index in [9.17, 15) is 0 Å². The zero-order chi connectivity index (χ0) is 43.6. The summed E-state index contributed by atoms with van der Waals surface area (Å²) in [5.74, 6) is 2.09. The van der Waals surface area contributed by atoms with Gasteiger partial charge in [0.25, 0.3) is 0 Å². The Kier molecular flexibility index (Phi) is 8.61. The number of pyridine rings is 1. The van der Waals surface area contributed by atoms with Crippen LogP contribution in [0, 0.1) is 0 Å². The van der Waals surface area contributed by atoms with Gasteiger partial charge in [-0.2, -0.15) is 0 Å². The average molecular weight is 847 g/mol. The molecule has 1 unspecified atom stereocenters. The third kappa shape index (κ3) is 6.12. The van der Waals surface area contributed by atoms with Crippen LogP contribution >= 0.6 is 0 Å². The van der Waals surface area contributed by atoms with E-state index in [1.54, 1.807) is 24.8 Å². The maximum Gasteiger partial charge on any atom is 0.159 e. The minimum Gasteiger partial charge on any atom is -0.455 e. The number of hydrogen-bond donors (Lipinski definition) is 0. The van der Waals surface area contributed by atoms with Gasteiger partial charge in [-0.25, -0.2) is 19.9 Å². The lowest BCUT2D eigenvalue weighted by Crippen LogP contribution is -2.34. The fourth-order valence-electron chi connectivity index (χ4n) is 9.54. The largest absolute Gasteiger partial charge is 0.455 e. The Balaban J connectivity index is 0.922.